The number of nitrogens with one attached hydrogen (secondary N) is 1. The topological polar surface area (TPSA) is 50.7 Å². The van der Waals surface area contributed by atoms with Gasteiger partial charge >= 0.3 is 0 Å². The van der Waals surface area contributed by atoms with Crippen molar-refractivity contribution in [1.29, 1.82) is 0 Å². The lowest BCUT2D eigenvalue weighted by Crippen LogP contribution is -2.06. The second-order valence-electron chi connectivity index (χ2n) is 5.71. The monoisotopic (exact) mass is 410 g/mol. The summed E-state index contributed by atoms with van der Waals surface area (Å²) < 4.78 is 20.7. The first-order chi connectivity index (χ1) is 12.4. The van der Waals surface area contributed by atoms with Crippen molar-refractivity contribution in [2.45, 2.75) is 25.7 Å². The first-order valence-corrected chi connectivity index (χ1v) is 10.6. The molecule has 0 heterocycles. The van der Waals surface area contributed by atoms with Gasteiger partial charge in [0.1, 0.15) is 0 Å². The number of aryl methyl sites for hydroxylation is 1. The highest BCUT2D eigenvalue weighted by atomic mass is 35.5. The van der Waals surface area contributed by atoms with E-state index in [4.69, 9.17) is 16.3 Å². The Balaban J connectivity index is 2.10. The molecule has 2 aromatic rings. The number of nitrogens with zero attached hydrogens (tertiary/aromatic N) is 1. The van der Waals surface area contributed by atoms with Gasteiger partial charge < -0.3 is 9.46 Å². The molecule has 0 fully saturated rings. The van der Waals surface area contributed by atoms with E-state index in [2.05, 4.69) is 9.71 Å². The smallest absolute Gasteiger partial charge is 0.150 e. The van der Waals surface area contributed by atoms with Crippen LogP contribution in [0.1, 0.15) is 18.1 Å². The molecule has 0 saturated carbocycles. The zero-order valence-electron chi connectivity index (χ0n) is 15.3. The summed E-state index contributed by atoms with van der Waals surface area (Å²) in [5.74, 6) is 0.877. The van der Waals surface area contributed by atoms with Crippen LogP contribution in [0.15, 0.2) is 46.3 Å². The molecule has 7 heteroatoms. The molecule has 4 nitrogen and oxygen atoms in total. The second kappa shape index (κ2) is 10.1. The highest BCUT2D eigenvalue weighted by molar-refractivity contribution is 8.13. The first-order valence-electron chi connectivity index (χ1n) is 8.13. The molecule has 0 bridgehead atoms. The fourth-order valence-corrected chi connectivity index (χ4v) is 4.25. The molecule has 2 rings (SSSR count). The average molecular weight is 411 g/mol. The van der Waals surface area contributed by atoms with Gasteiger partial charge in [0.05, 0.1) is 22.2 Å². The van der Waals surface area contributed by atoms with Crippen LogP contribution in [-0.4, -0.2) is 28.7 Å². The highest BCUT2D eigenvalue weighted by Crippen LogP contribution is 2.26. The molecular weight excluding hydrogens is 388 g/mol. The Morgan fingerprint density at radius 2 is 2.08 bits per heavy atom. The Morgan fingerprint density at radius 3 is 2.77 bits per heavy atom. The first kappa shape index (κ1) is 21.0. The third-order valence-electron chi connectivity index (χ3n) is 3.70. The van der Waals surface area contributed by atoms with Crippen molar-refractivity contribution < 1.29 is 8.95 Å². The Hall–Kier alpha value is -1.34. The molecule has 0 spiro atoms. The third kappa shape index (κ3) is 5.84. The lowest BCUT2D eigenvalue weighted by molar-refractivity contribution is 0.219. The van der Waals surface area contributed by atoms with Crippen LogP contribution in [0.5, 0.6) is 0 Å². The minimum Gasteiger partial charge on any atom is -0.384 e. The van der Waals surface area contributed by atoms with E-state index >= 15 is 0 Å². The molecule has 1 atom stereocenters. The van der Waals surface area contributed by atoms with Crippen LogP contribution in [0.25, 0.3) is 0 Å². The van der Waals surface area contributed by atoms with Crippen LogP contribution < -0.4 is 4.72 Å². The van der Waals surface area contributed by atoms with Crippen LogP contribution in [0.4, 0.5) is 11.4 Å². The summed E-state index contributed by atoms with van der Waals surface area (Å²) in [6.45, 7) is 6.55. The van der Waals surface area contributed by atoms with Gasteiger partial charge in [-0.1, -0.05) is 17.7 Å². The molecular formula is C19H23ClN2O2S2. The largest absolute Gasteiger partial charge is 0.384 e. The van der Waals surface area contributed by atoms with E-state index in [1.165, 1.54) is 0 Å². The maximum Gasteiger partial charge on any atom is 0.150 e. The summed E-state index contributed by atoms with van der Waals surface area (Å²) in [4.78, 5) is 5.32. The summed E-state index contributed by atoms with van der Waals surface area (Å²) in [6.07, 6.45) is 0. The summed E-state index contributed by atoms with van der Waals surface area (Å²) in [7, 11) is 0.317. The number of rotatable bonds is 7. The predicted molar refractivity (Wildman–Crippen MR) is 115 cm³/mol. The van der Waals surface area contributed by atoms with Crippen molar-refractivity contribution in [2.24, 2.45) is 4.99 Å². The van der Waals surface area contributed by atoms with Gasteiger partial charge in [0.2, 0.25) is 0 Å². The van der Waals surface area contributed by atoms with Gasteiger partial charge in [-0.2, -0.15) is 0 Å². The molecule has 1 N–H and O–H groups in total. The Kier molecular flexibility index (Phi) is 8.15. The molecule has 0 radical (unpaired) electrons. The van der Waals surface area contributed by atoms with E-state index in [9.17, 15) is 4.21 Å². The zero-order chi connectivity index (χ0) is 19.1. The van der Waals surface area contributed by atoms with Crippen LogP contribution in [0.2, 0.25) is 5.02 Å². The van der Waals surface area contributed by atoms with Gasteiger partial charge in [-0.05, 0) is 62.2 Å². The summed E-state index contributed by atoms with van der Waals surface area (Å²) in [5, 5.41) is 1.60. The van der Waals surface area contributed by atoms with E-state index in [-0.39, 0.29) is 0 Å². The van der Waals surface area contributed by atoms with Crippen molar-refractivity contribution >= 4 is 50.8 Å². The number of anilines is 1. The Labute approximate surface area is 167 Å². The van der Waals surface area contributed by atoms with E-state index in [1.807, 2.05) is 45.0 Å². The quantitative estimate of drug-likeness (QED) is 0.371. The van der Waals surface area contributed by atoms with Crippen molar-refractivity contribution in [3.8, 4) is 0 Å². The van der Waals surface area contributed by atoms with Gasteiger partial charge in [0, 0.05) is 23.6 Å². The Morgan fingerprint density at radius 1 is 1.31 bits per heavy atom. The standard InChI is InChI=1S/C19H23ClN2O2S2/c1-13-12-16(8-9-18(13)21-15(3)25-11-10-24-4)22-26(23)19-7-5-6-17(20)14(19)2/h5-9,12,22H,10-11H2,1-4H3. The zero-order valence-corrected chi connectivity index (χ0v) is 17.7. The minimum absolute atomic E-state index is 0.611. The number of aliphatic imine (C=N–C) groups is 1. The molecule has 0 aliphatic heterocycles. The van der Waals surface area contributed by atoms with E-state index in [1.54, 1.807) is 31.0 Å². The van der Waals surface area contributed by atoms with E-state index in [0.29, 0.717) is 16.5 Å². The van der Waals surface area contributed by atoms with Crippen molar-refractivity contribution in [3.63, 3.8) is 0 Å². The number of halogens is 1. The maximum absolute atomic E-state index is 12.6. The maximum atomic E-state index is 12.6. The predicted octanol–water partition coefficient (Wildman–Crippen LogP) is 5.52. The van der Waals surface area contributed by atoms with Gasteiger partial charge in [-0.3, -0.25) is 0 Å². The highest BCUT2D eigenvalue weighted by Gasteiger charge is 2.10. The molecule has 1 unspecified atom stereocenters. The van der Waals surface area contributed by atoms with E-state index < -0.39 is 11.0 Å². The molecule has 140 valence electrons. The number of benzene rings is 2. The number of hydrogen-bond acceptors (Lipinski definition) is 4. The number of ether oxygens (including phenoxy) is 1. The average Bonchev–Trinajstić information content (AvgIpc) is 2.60. The van der Waals surface area contributed by atoms with E-state index in [0.717, 1.165) is 33.3 Å². The van der Waals surface area contributed by atoms with Crippen molar-refractivity contribution in [2.75, 3.05) is 24.2 Å². The summed E-state index contributed by atoms with van der Waals surface area (Å²) in [6, 6.07) is 11.2. The number of methoxy groups -OCH3 is 1. The minimum atomic E-state index is -1.38. The van der Waals surface area contributed by atoms with Gasteiger partial charge in [-0.25, -0.2) is 9.20 Å². The summed E-state index contributed by atoms with van der Waals surface area (Å²) >= 11 is 7.78. The van der Waals surface area contributed by atoms with Crippen molar-refractivity contribution in [3.05, 3.63) is 52.5 Å². The molecule has 0 aliphatic rings. The lowest BCUT2D eigenvalue weighted by atomic mass is 10.2. The molecule has 0 aliphatic carbocycles. The van der Waals surface area contributed by atoms with Crippen LogP contribution >= 0.6 is 23.4 Å². The fourth-order valence-electron chi connectivity index (χ4n) is 2.27. The van der Waals surface area contributed by atoms with Crippen LogP contribution in [0, 0.1) is 13.8 Å². The van der Waals surface area contributed by atoms with Crippen LogP contribution in [0.3, 0.4) is 0 Å². The normalized spacial score (nSPS) is 12.9. The molecule has 0 aromatic heterocycles. The molecule has 0 saturated heterocycles. The number of thioether (sulfide) groups is 1. The second-order valence-corrected chi connectivity index (χ2v) is 8.58. The molecule has 26 heavy (non-hydrogen) atoms. The van der Waals surface area contributed by atoms with Crippen molar-refractivity contribution in [1.82, 2.24) is 0 Å². The van der Waals surface area contributed by atoms with Gasteiger partial charge in [0.25, 0.3) is 0 Å². The fraction of sp³-hybridized carbons (Fsp3) is 0.316. The molecule has 0 amide bonds. The van der Waals surface area contributed by atoms with Crippen LogP contribution in [-0.2, 0) is 15.7 Å². The lowest BCUT2D eigenvalue weighted by Gasteiger charge is -2.11. The van der Waals surface area contributed by atoms with Gasteiger partial charge in [-0.15, -0.1) is 11.8 Å². The van der Waals surface area contributed by atoms with Gasteiger partial charge in [0.15, 0.2) is 11.0 Å². The summed E-state index contributed by atoms with van der Waals surface area (Å²) in [5.41, 5.74) is 3.52. The SMILES string of the molecule is COCCSC(C)=Nc1ccc(NS(=O)c2cccc(Cl)c2C)cc1C. The third-order valence-corrected chi connectivity index (χ3v) is 6.25. The Bertz CT molecular complexity index is 825. The number of hydrogen-bond donors (Lipinski definition) is 1. The molecule has 2 aromatic carbocycles.